The fourth-order valence-corrected chi connectivity index (χ4v) is 4.05. The highest BCUT2D eigenvalue weighted by Gasteiger charge is 2.32. The Hall–Kier alpha value is -2.77. The fraction of sp³-hybridized carbons (Fsp3) is 0.333. The van der Waals surface area contributed by atoms with Gasteiger partial charge in [-0.05, 0) is 31.0 Å². The van der Waals surface area contributed by atoms with Crippen molar-refractivity contribution in [2.75, 3.05) is 5.43 Å². The Morgan fingerprint density at radius 3 is 2.62 bits per heavy atom. The van der Waals surface area contributed by atoms with E-state index < -0.39 is 17.1 Å². The van der Waals surface area contributed by atoms with Crippen LogP contribution in [0.25, 0.3) is 22.0 Å². The van der Waals surface area contributed by atoms with E-state index in [9.17, 15) is 14.7 Å². The number of nitrogens with one attached hydrogen (secondary N) is 1. The average Bonchev–Trinajstić information content (AvgIpc) is 2.70. The van der Waals surface area contributed by atoms with Crippen LogP contribution in [0.15, 0.2) is 47.4 Å². The number of rotatable bonds is 4. The minimum atomic E-state index is -1.02. The molecule has 0 saturated heterocycles. The smallest absolute Gasteiger partial charge is 0.294 e. The zero-order valence-electron chi connectivity index (χ0n) is 15.8. The van der Waals surface area contributed by atoms with Crippen LogP contribution >= 0.6 is 11.6 Å². The molecule has 1 aliphatic rings. The van der Waals surface area contributed by atoms with E-state index in [0.29, 0.717) is 40.0 Å². The maximum absolute atomic E-state index is 12.9. The summed E-state index contributed by atoms with van der Waals surface area (Å²) in [7, 11) is 0. The topological polar surface area (TPSA) is 97.1 Å². The number of carbonyl (C=O) groups is 1. The number of pyridine rings is 1. The summed E-state index contributed by atoms with van der Waals surface area (Å²) in [6, 6.07) is 10.4. The molecular weight excluding hydrogens is 392 g/mol. The maximum atomic E-state index is 12.9. The number of halogens is 1. The van der Waals surface area contributed by atoms with E-state index in [1.54, 1.807) is 36.5 Å². The molecule has 2 N–H and O–H groups in total. The molecule has 150 valence electrons. The summed E-state index contributed by atoms with van der Waals surface area (Å²) in [5.74, 6) is -0.446. The lowest BCUT2D eigenvalue weighted by Crippen LogP contribution is -2.41. The molecule has 1 saturated carbocycles. The molecule has 1 amide bonds. The van der Waals surface area contributed by atoms with Crippen LogP contribution in [0.4, 0.5) is 0 Å². The van der Waals surface area contributed by atoms with Gasteiger partial charge in [-0.3, -0.25) is 9.59 Å². The average molecular weight is 413 g/mol. The van der Waals surface area contributed by atoms with Crippen molar-refractivity contribution >= 4 is 28.3 Å². The fourth-order valence-electron chi connectivity index (χ4n) is 3.87. The van der Waals surface area contributed by atoms with Crippen molar-refractivity contribution < 1.29 is 9.90 Å². The highest BCUT2D eigenvalue weighted by Crippen LogP contribution is 2.31. The van der Waals surface area contributed by atoms with Gasteiger partial charge < -0.3 is 5.11 Å². The van der Waals surface area contributed by atoms with Crippen molar-refractivity contribution in [3.8, 4) is 11.3 Å². The number of aromatic nitrogens is 3. The Labute approximate surface area is 172 Å². The standard InChI is InChI=1S/C21H21ClN4O3/c22-17-12-14(8-11-23-17)19-15-6-2-3-7-16(15)20(28)26(25-19)24-18(27)13-21(29)9-4-1-5-10-21/h2-3,6-8,11-12,29H,1,4-5,9-10,13H2,(H,24,27). The second-order valence-corrected chi connectivity index (χ2v) is 7.86. The lowest BCUT2D eigenvalue weighted by Gasteiger charge is -2.31. The normalized spacial score (nSPS) is 15.9. The van der Waals surface area contributed by atoms with Crippen molar-refractivity contribution in [3.63, 3.8) is 0 Å². The molecular formula is C21H21ClN4O3. The zero-order chi connectivity index (χ0) is 20.4. The SMILES string of the molecule is O=C(CC1(O)CCCCC1)Nn1nc(-c2ccnc(Cl)c2)c2ccccc2c1=O. The molecule has 0 atom stereocenters. The molecule has 29 heavy (non-hydrogen) atoms. The van der Waals surface area contributed by atoms with Gasteiger partial charge in [-0.15, -0.1) is 9.89 Å². The van der Waals surface area contributed by atoms with Crippen LogP contribution in [0.3, 0.4) is 0 Å². The van der Waals surface area contributed by atoms with Gasteiger partial charge in [-0.25, -0.2) is 10.4 Å². The van der Waals surface area contributed by atoms with Crippen LogP contribution in [0.1, 0.15) is 38.5 Å². The number of amides is 1. The van der Waals surface area contributed by atoms with Gasteiger partial charge in [0.05, 0.1) is 17.4 Å². The van der Waals surface area contributed by atoms with Gasteiger partial charge in [-0.1, -0.05) is 49.1 Å². The lowest BCUT2D eigenvalue weighted by atomic mass is 9.82. The summed E-state index contributed by atoms with van der Waals surface area (Å²) in [5, 5.41) is 16.4. The number of hydrogen-bond acceptors (Lipinski definition) is 5. The van der Waals surface area contributed by atoms with E-state index in [1.807, 2.05) is 6.07 Å². The third-order valence-electron chi connectivity index (χ3n) is 5.31. The van der Waals surface area contributed by atoms with Gasteiger partial charge in [0.1, 0.15) is 10.8 Å². The van der Waals surface area contributed by atoms with Crippen LogP contribution in [-0.4, -0.2) is 31.5 Å². The Morgan fingerprint density at radius 2 is 1.90 bits per heavy atom. The van der Waals surface area contributed by atoms with E-state index in [1.165, 1.54) is 0 Å². The van der Waals surface area contributed by atoms with Gasteiger partial charge in [-0.2, -0.15) is 0 Å². The van der Waals surface area contributed by atoms with Crippen molar-refractivity contribution in [3.05, 3.63) is 58.1 Å². The van der Waals surface area contributed by atoms with E-state index in [-0.39, 0.29) is 6.42 Å². The zero-order valence-corrected chi connectivity index (χ0v) is 16.5. The predicted molar refractivity (Wildman–Crippen MR) is 111 cm³/mol. The van der Waals surface area contributed by atoms with Crippen LogP contribution in [0.2, 0.25) is 5.15 Å². The number of carbonyl (C=O) groups excluding carboxylic acids is 1. The van der Waals surface area contributed by atoms with Crippen LogP contribution in [0.5, 0.6) is 0 Å². The first-order chi connectivity index (χ1) is 14.0. The minimum absolute atomic E-state index is 0.0651. The first-order valence-electron chi connectivity index (χ1n) is 9.61. The quantitative estimate of drug-likeness (QED) is 0.641. The molecule has 3 aromatic rings. The van der Waals surface area contributed by atoms with Crippen molar-refractivity contribution in [1.82, 2.24) is 14.9 Å². The predicted octanol–water partition coefficient (Wildman–Crippen LogP) is 3.27. The van der Waals surface area contributed by atoms with Crippen molar-refractivity contribution in [2.45, 2.75) is 44.1 Å². The van der Waals surface area contributed by atoms with Crippen LogP contribution < -0.4 is 11.0 Å². The summed E-state index contributed by atoms with van der Waals surface area (Å²) in [4.78, 5) is 30.4. The van der Waals surface area contributed by atoms with Gasteiger partial charge in [0.15, 0.2) is 0 Å². The van der Waals surface area contributed by atoms with Crippen molar-refractivity contribution in [1.29, 1.82) is 0 Å². The molecule has 0 radical (unpaired) electrons. The summed E-state index contributed by atoms with van der Waals surface area (Å²) in [6.45, 7) is 0. The first kappa shape index (κ1) is 19.5. The molecule has 8 heteroatoms. The summed E-state index contributed by atoms with van der Waals surface area (Å²) < 4.78 is 0. The maximum Gasteiger partial charge on any atom is 0.294 e. The molecule has 1 aliphatic carbocycles. The molecule has 0 bridgehead atoms. The minimum Gasteiger partial charge on any atom is -0.389 e. The number of aliphatic hydroxyl groups is 1. The molecule has 0 aliphatic heterocycles. The van der Waals surface area contributed by atoms with Gasteiger partial charge in [0.25, 0.3) is 5.56 Å². The van der Waals surface area contributed by atoms with Gasteiger partial charge >= 0.3 is 0 Å². The highest BCUT2D eigenvalue weighted by molar-refractivity contribution is 6.29. The summed E-state index contributed by atoms with van der Waals surface area (Å²) in [5.41, 5.74) is 2.26. The number of hydrogen-bond donors (Lipinski definition) is 2. The van der Waals surface area contributed by atoms with E-state index in [0.717, 1.165) is 24.1 Å². The lowest BCUT2D eigenvalue weighted by molar-refractivity contribution is -0.123. The third kappa shape index (κ3) is 4.16. The molecule has 7 nitrogen and oxygen atoms in total. The molecule has 4 rings (SSSR count). The molecule has 2 aromatic heterocycles. The third-order valence-corrected chi connectivity index (χ3v) is 5.52. The van der Waals surface area contributed by atoms with E-state index in [4.69, 9.17) is 11.6 Å². The van der Waals surface area contributed by atoms with Crippen LogP contribution in [0, 0.1) is 0 Å². The molecule has 2 heterocycles. The number of nitrogens with zero attached hydrogens (tertiary/aromatic N) is 3. The van der Waals surface area contributed by atoms with E-state index >= 15 is 0 Å². The summed E-state index contributed by atoms with van der Waals surface area (Å²) in [6.07, 6.45) is 5.51. The molecule has 0 unspecified atom stereocenters. The Morgan fingerprint density at radius 1 is 1.17 bits per heavy atom. The first-order valence-corrected chi connectivity index (χ1v) is 9.99. The Balaban J connectivity index is 1.72. The second-order valence-electron chi connectivity index (χ2n) is 7.48. The van der Waals surface area contributed by atoms with Gasteiger partial charge in [0, 0.05) is 17.1 Å². The highest BCUT2D eigenvalue weighted by atomic mass is 35.5. The second kappa shape index (κ2) is 7.93. The number of benzene rings is 1. The Kier molecular flexibility index (Phi) is 5.34. The Bertz CT molecular complexity index is 1120. The molecule has 1 aromatic carbocycles. The largest absolute Gasteiger partial charge is 0.389 e. The molecule has 1 fully saturated rings. The number of fused-ring (bicyclic) bond motifs is 1. The summed E-state index contributed by atoms with van der Waals surface area (Å²) >= 11 is 6.02. The van der Waals surface area contributed by atoms with E-state index in [2.05, 4.69) is 15.5 Å². The van der Waals surface area contributed by atoms with Crippen molar-refractivity contribution in [2.24, 2.45) is 0 Å². The monoisotopic (exact) mass is 412 g/mol. The van der Waals surface area contributed by atoms with Gasteiger partial charge in [0.2, 0.25) is 5.91 Å². The molecule has 0 spiro atoms. The van der Waals surface area contributed by atoms with Crippen LogP contribution in [-0.2, 0) is 4.79 Å².